The number of carbonyl (C=O) groups excluding carboxylic acids is 1. The van der Waals surface area contributed by atoms with Crippen molar-refractivity contribution in [2.24, 2.45) is 14.1 Å². The molecule has 1 aromatic rings. The zero-order chi connectivity index (χ0) is 16.6. The predicted molar refractivity (Wildman–Crippen MR) is 80.5 cm³/mol. The Kier molecular flexibility index (Phi) is 4.32. The second kappa shape index (κ2) is 5.88. The van der Waals surface area contributed by atoms with Crippen LogP contribution in [0.3, 0.4) is 0 Å². The van der Waals surface area contributed by atoms with Crippen molar-refractivity contribution in [1.29, 1.82) is 0 Å². The number of aromatic nitrogens is 2. The fourth-order valence-corrected chi connectivity index (χ4v) is 2.52. The Morgan fingerprint density at radius 2 is 1.95 bits per heavy atom. The number of hydrogen-bond donors (Lipinski definition) is 1. The van der Waals surface area contributed by atoms with Crippen molar-refractivity contribution >= 4 is 11.6 Å². The smallest absolute Gasteiger partial charge is 0.332 e. The molecule has 8 heteroatoms. The van der Waals surface area contributed by atoms with E-state index in [0.29, 0.717) is 13.0 Å². The summed E-state index contributed by atoms with van der Waals surface area (Å²) in [6.45, 7) is 2.15. The Bertz CT molecular complexity index is 763. The molecule has 22 heavy (non-hydrogen) atoms. The van der Waals surface area contributed by atoms with Crippen molar-refractivity contribution in [3.8, 4) is 0 Å². The molecule has 0 bridgehead atoms. The van der Waals surface area contributed by atoms with Gasteiger partial charge in [0.2, 0.25) is 0 Å². The maximum atomic E-state index is 13.4. The van der Waals surface area contributed by atoms with E-state index >= 15 is 0 Å². The number of Topliss-reactive ketones (excluding diaryl/α,β-unsaturated/α-hetero) is 1. The molecule has 7 nitrogen and oxygen atoms in total. The molecule has 0 aromatic carbocycles. The molecular formula is C14H19FN4O3. The minimum atomic E-state index is -0.731. The van der Waals surface area contributed by atoms with Crippen LogP contribution in [0.4, 0.5) is 10.2 Å². The second-order valence-electron chi connectivity index (χ2n) is 5.42. The zero-order valence-electron chi connectivity index (χ0n) is 12.8. The summed E-state index contributed by atoms with van der Waals surface area (Å²) in [6, 6.07) is -0.702. The van der Waals surface area contributed by atoms with Gasteiger partial charge in [0.15, 0.2) is 5.78 Å². The fourth-order valence-electron chi connectivity index (χ4n) is 2.52. The highest BCUT2D eigenvalue weighted by Crippen LogP contribution is 2.17. The molecule has 0 saturated heterocycles. The highest BCUT2D eigenvalue weighted by Gasteiger charge is 2.29. The molecule has 1 unspecified atom stereocenters. The zero-order valence-corrected chi connectivity index (χ0v) is 12.8. The lowest BCUT2D eigenvalue weighted by Crippen LogP contribution is -2.47. The van der Waals surface area contributed by atoms with Crippen molar-refractivity contribution in [1.82, 2.24) is 14.0 Å². The number of halogens is 1. The molecule has 0 fully saturated rings. The molecule has 0 radical (unpaired) electrons. The van der Waals surface area contributed by atoms with Gasteiger partial charge in [0.1, 0.15) is 17.2 Å². The molecule has 1 atom stereocenters. The number of hydrogen-bond acceptors (Lipinski definition) is 5. The van der Waals surface area contributed by atoms with E-state index in [1.165, 1.54) is 20.2 Å². The van der Waals surface area contributed by atoms with Gasteiger partial charge in [-0.3, -0.25) is 23.6 Å². The van der Waals surface area contributed by atoms with E-state index in [0.717, 1.165) is 9.13 Å². The summed E-state index contributed by atoms with van der Waals surface area (Å²) in [5, 5.41) is 0. The van der Waals surface area contributed by atoms with Crippen LogP contribution in [0.5, 0.6) is 0 Å². The number of ketones is 1. The van der Waals surface area contributed by atoms with Gasteiger partial charge in [0, 0.05) is 20.6 Å². The average molecular weight is 310 g/mol. The number of rotatable bonds is 3. The molecule has 0 amide bonds. The molecular weight excluding hydrogens is 291 g/mol. The van der Waals surface area contributed by atoms with Crippen LogP contribution >= 0.6 is 0 Å². The summed E-state index contributed by atoms with van der Waals surface area (Å²) in [6.07, 6.45) is 1.98. The summed E-state index contributed by atoms with van der Waals surface area (Å²) >= 11 is 0. The van der Waals surface area contributed by atoms with Gasteiger partial charge in [-0.1, -0.05) is 6.08 Å². The maximum Gasteiger partial charge on any atom is 0.332 e. The van der Waals surface area contributed by atoms with Gasteiger partial charge in [-0.25, -0.2) is 9.18 Å². The fraction of sp³-hybridized carbons (Fsp3) is 0.500. The number of carbonyl (C=O) groups is 1. The van der Waals surface area contributed by atoms with E-state index < -0.39 is 23.1 Å². The Hall–Kier alpha value is -2.22. The Balaban J connectivity index is 2.44. The highest BCUT2D eigenvalue weighted by molar-refractivity contribution is 6.03. The van der Waals surface area contributed by atoms with Crippen LogP contribution in [-0.4, -0.2) is 38.9 Å². The molecule has 0 saturated carbocycles. The Morgan fingerprint density at radius 3 is 2.55 bits per heavy atom. The first-order valence-electron chi connectivity index (χ1n) is 6.94. The molecule has 1 aliphatic heterocycles. The molecule has 0 aliphatic carbocycles. The number of nitrogens with zero attached hydrogens (tertiary/aromatic N) is 3. The number of nitrogens with two attached hydrogens (primary N) is 1. The SMILES string of the molecule is CC(C(=O)c1c(N)n(C)c(=O)n(C)c1=O)N1CCC=C(F)C1. The Morgan fingerprint density at radius 1 is 1.32 bits per heavy atom. The summed E-state index contributed by atoms with van der Waals surface area (Å²) in [7, 11) is 2.68. The van der Waals surface area contributed by atoms with Crippen molar-refractivity contribution in [3.05, 3.63) is 38.3 Å². The molecule has 2 N–H and O–H groups in total. The van der Waals surface area contributed by atoms with Gasteiger partial charge in [-0.05, 0) is 13.3 Å². The summed E-state index contributed by atoms with van der Waals surface area (Å²) in [5.74, 6) is -0.978. The average Bonchev–Trinajstić information content (AvgIpc) is 2.50. The van der Waals surface area contributed by atoms with Gasteiger partial charge >= 0.3 is 5.69 Å². The standard InChI is InChI=1S/C14H19FN4O3/c1-8(19-6-4-5-9(15)7-19)11(20)10-12(16)17(2)14(22)18(3)13(10)21/h5,8H,4,6-7,16H2,1-3H3. The van der Waals surface area contributed by atoms with Crippen LogP contribution < -0.4 is 17.0 Å². The lowest BCUT2D eigenvalue weighted by atomic mass is 10.0. The predicted octanol–water partition coefficient (Wildman–Crippen LogP) is -0.204. The summed E-state index contributed by atoms with van der Waals surface area (Å²) in [4.78, 5) is 38.2. The lowest BCUT2D eigenvalue weighted by molar-refractivity contribution is 0.0836. The first kappa shape index (κ1) is 16.2. The van der Waals surface area contributed by atoms with E-state index in [-0.39, 0.29) is 23.8 Å². The van der Waals surface area contributed by atoms with Gasteiger partial charge in [-0.2, -0.15) is 0 Å². The van der Waals surface area contributed by atoms with E-state index in [2.05, 4.69) is 0 Å². The van der Waals surface area contributed by atoms with Crippen molar-refractivity contribution in [2.45, 2.75) is 19.4 Å². The second-order valence-corrected chi connectivity index (χ2v) is 5.42. The van der Waals surface area contributed by atoms with E-state index in [1.807, 2.05) is 0 Å². The van der Waals surface area contributed by atoms with Gasteiger partial charge in [-0.15, -0.1) is 0 Å². The third kappa shape index (κ3) is 2.61. The first-order valence-corrected chi connectivity index (χ1v) is 6.94. The molecule has 0 spiro atoms. The topological polar surface area (TPSA) is 90.3 Å². The van der Waals surface area contributed by atoms with E-state index in [9.17, 15) is 18.8 Å². The van der Waals surface area contributed by atoms with Gasteiger partial charge < -0.3 is 5.73 Å². The van der Waals surface area contributed by atoms with Crippen LogP contribution in [0.1, 0.15) is 23.7 Å². The van der Waals surface area contributed by atoms with Crippen LogP contribution in [-0.2, 0) is 14.1 Å². The summed E-state index contributed by atoms with van der Waals surface area (Å²) in [5.41, 5.74) is 4.21. The maximum absolute atomic E-state index is 13.4. The number of anilines is 1. The van der Waals surface area contributed by atoms with Gasteiger partial charge in [0.25, 0.3) is 5.56 Å². The molecule has 1 aliphatic rings. The van der Waals surface area contributed by atoms with Crippen molar-refractivity contribution in [3.63, 3.8) is 0 Å². The molecule has 2 heterocycles. The van der Waals surface area contributed by atoms with Crippen molar-refractivity contribution in [2.75, 3.05) is 18.8 Å². The Labute approximate surface area is 126 Å². The quantitative estimate of drug-likeness (QED) is 0.781. The minimum Gasteiger partial charge on any atom is -0.384 e. The molecule has 1 aromatic heterocycles. The third-order valence-electron chi connectivity index (χ3n) is 4.02. The molecule has 120 valence electrons. The molecule has 2 rings (SSSR count). The lowest BCUT2D eigenvalue weighted by Gasteiger charge is -2.29. The summed E-state index contributed by atoms with van der Waals surface area (Å²) < 4.78 is 15.3. The van der Waals surface area contributed by atoms with E-state index in [1.54, 1.807) is 11.8 Å². The van der Waals surface area contributed by atoms with Crippen LogP contribution in [0, 0.1) is 0 Å². The van der Waals surface area contributed by atoms with Crippen LogP contribution in [0.25, 0.3) is 0 Å². The van der Waals surface area contributed by atoms with Gasteiger partial charge in [0.05, 0.1) is 12.6 Å². The monoisotopic (exact) mass is 310 g/mol. The van der Waals surface area contributed by atoms with Crippen LogP contribution in [0.2, 0.25) is 0 Å². The highest BCUT2D eigenvalue weighted by atomic mass is 19.1. The largest absolute Gasteiger partial charge is 0.384 e. The van der Waals surface area contributed by atoms with Crippen molar-refractivity contribution < 1.29 is 9.18 Å². The normalized spacial score (nSPS) is 17.2. The first-order chi connectivity index (χ1) is 10.3. The van der Waals surface area contributed by atoms with Crippen LogP contribution in [0.15, 0.2) is 21.5 Å². The minimum absolute atomic E-state index is 0.0267. The number of nitrogen functional groups attached to an aromatic ring is 1. The third-order valence-corrected chi connectivity index (χ3v) is 4.02. The van der Waals surface area contributed by atoms with E-state index in [4.69, 9.17) is 5.73 Å².